The average molecular weight is 282 g/mol. The van der Waals surface area contributed by atoms with Crippen LogP contribution in [0.15, 0.2) is 29.2 Å². The first-order chi connectivity index (χ1) is 9.05. The zero-order valence-corrected chi connectivity index (χ0v) is 12.4. The van der Waals surface area contributed by atoms with Gasteiger partial charge in [-0.2, -0.15) is 4.31 Å². The van der Waals surface area contributed by atoms with Crippen LogP contribution in [-0.2, 0) is 16.6 Å². The predicted molar refractivity (Wildman–Crippen MR) is 76.4 cm³/mol. The molecule has 4 nitrogen and oxygen atoms in total. The summed E-state index contributed by atoms with van der Waals surface area (Å²) in [7, 11) is -3.31. The lowest BCUT2D eigenvalue weighted by Gasteiger charge is -2.21. The van der Waals surface area contributed by atoms with Gasteiger partial charge >= 0.3 is 0 Å². The summed E-state index contributed by atoms with van der Waals surface area (Å²) in [4.78, 5) is 0.404. The van der Waals surface area contributed by atoms with E-state index in [1.807, 2.05) is 26.0 Å². The average Bonchev–Trinajstić information content (AvgIpc) is 2.84. The molecule has 0 spiro atoms. The molecule has 0 bridgehead atoms. The minimum absolute atomic E-state index is 0.117. The van der Waals surface area contributed by atoms with Crippen LogP contribution in [0.5, 0.6) is 0 Å². The Labute approximate surface area is 115 Å². The van der Waals surface area contributed by atoms with Crippen LogP contribution in [0.2, 0.25) is 0 Å². The molecule has 1 aliphatic heterocycles. The van der Waals surface area contributed by atoms with Gasteiger partial charge in [0.2, 0.25) is 10.0 Å². The molecule has 1 aromatic rings. The molecule has 1 aromatic carbocycles. The fourth-order valence-corrected chi connectivity index (χ4v) is 4.15. The lowest BCUT2D eigenvalue weighted by molar-refractivity contribution is 0.408. The van der Waals surface area contributed by atoms with Gasteiger partial charge in [-0.25, -0.2) is 8.42 Å². The summed E-state index contributed by atoms with van der Waals surface area (Å²) in [6.45, 7) is 6.35. The second-order valence-corrected chi connectivity index (χ2v) is 6.92. The molecule has 1 unspecified atom stereocenters. The van der Waals surface area contributed by atoms with Gasteiger partial charge in [0.25, 0.3) is 0 Å². The fourth-order valence-electron chi connectivity index (χ4n) is 2.45. The molecule has 0 radical (unpaired) electrons. The molecule has 0 aromatic heterocycles. The van der Waals surface area contributed by atoms with Gasteiger partial charge in [0.05, 0.1) is 4.90 Å². The van der Waals surface area contributed by atoms with Crippen LogP contribution in [-0.4, -0.2) is 31.9 Å². The highest BCUT2D eigenvalue weighted by atomic mass is 32.2. The molecule has 19 heavy (non-hydrogen) atoms. The van der Waals surface area contributed by atoms with E-state index in [0.29, 0.717) is 11.4 Å². The molecular weight excluding hydrogens is 260 g/mol. The number of benzene rings is 1. The summed E-state index contributed by atoms with van der Waals surface area (Å²) < 4.78 is 26.6. The van der Waals surface area contributed by atoms with Crippen molar-refractivity contribution in [1.29, 1.82) is 0 Å². The smallest absolute Gasteiger partial charge is 0.243 e. The van der Waals surface area contributed by atoms with E-state index in [2.05, 4.69) is 5.32 Å². The Morgan fingerprint density at radius 3 is 2.53 bits per heavy atom. The maximum Gasteiger partial charge on any atom is 0.243 e. The normalized spacial score (nSPS) is 20.8. The van der Waals surface area contributed by atoms with Gasteiger partial charge in [-0.1, -0.05) is 19.1 Å². The largest absolute Gasteiger partial charge is 0.313 e. The van der Waals surface area contributed by atoms with Crippen LogP contribution >= 0.6 is 0 Å². The molecule has 2 rings (SSSR count). The van der Waals surface area contributed by atoms with Crippen LogP contribution in [0.25, 0.3) is 0 Å². The first-order valence-corrected chi connectivity index (χ1v) is 8.31. The molecule has 106 valence electrons. The van der Waals surface area contributed by atoms with Crippen molar-refractivity contribution in [3.05, 3.63) is 29.8 Å². The highest BCUT2D eigenvalue weighted by Gasteiger charge is 2.32. The quantitative estimate of drug-likeness (QED) is 0.898. The van der Waals surface area contributed by atoms with Crippen LogP contribution in [0, 0.1) is 0 Å². The van der Waals surface area contributed by atoms with Gasteiger partial charge < -0.3 is 5.32 Å². The summed E-state index contributed by atoms with van der Waals surface area (Å²) in [6.07, 6.45) is 1.91. The lowest BCUT2D eigenvalue weighted by Crippen LogP contribution is -2.33. The highest BCUT2D eigenvalue weighted by molar-refractivity contribution is 7.89. The maximum atomic E-state index is 12.5. The third-order valence-electron chi connectivity index (χ3n) is 3.60. The van der Waals surface area contributed by atoms with E-state index in [1.54, 1.807) is 16.4 Å². The first kappa shape index (κ1) is 14.5. The Kier molecular flexibility index (Phi) is 4.60. The van der Waals surface area contributed by atoms with Gasteiger partial charge in [0.1, 0.15) is 0 Å². The van der Waals surface area contributed by atoms with E-state index in [0.717, 1.165) is 31.5 Å². The molecule has 1 heterocycles. The predicted octanol–water partition coefficient (Wildman–Crippen LogP) is 1.97. The minimum atomic E-state index is -3.31. The van der Waals surface area contributed by atoms with E-state index in [1.165, 1.54) is 0 Å². The molecule has 1 saturated heterocycles. The Bertz CT molecular complexity index is 511. The third-order valence-corrected chi connectivity index (χ3v) is 5.63. The topological polar surface area (TPSA) is 49.4 Å². The molecule has 5 heteroatoms. The number of hydrogen-bond donors (Lipinski definition) is 1. The van der Waals surface area contributed by atoms with Crippen molar-refractivity contribution in [3.63, 3.8) is 0 Å². The zero-order chi connectivity index (χ0) is 13.9. The van der Waals surface area contributed by atoms with E-state index in [9.17, 15) is 8.42 Å². The standard InChI is InChI=1S/C14H22N2O2S/c1-3-15-11-13-6-8-14(9-7-13)19(17,18)16-10-4-5-12(16)2/h6-9,12,15H,3-5,10-11H2,1-2H3. The molecule has 1 fully saturated rings. The lowest BCUT2D eigenvalue weighted by atomic mass is 10.2. The molecule has 0 amide bonds. The van der Waals surface area contributed by atoms with Crippen LogP contribution < -0.4 is 5.32 Å². The molecule has 0 saturated carbocycles. The van der Waals surface area contributed by atoms with Gasteiger partial charge in [-0.3, -0.25) is 0 Å². The van der Waals surface area contributed by atoms with Crippen molar-refractivity contribution in [2.24, 2.45) is 0 Å². The maximum absolute atomic E-state index is 12.5. The zero-order valence-electron chi connectivity index (χ0n) is 11.6. The second-order valence-electron chi connectivity index (χ2n) is 5.03. The molecule has 1 aliphatic rings. The third kappa shape index (κ3) is 3.16. The van der Waals surface area contributed by atoms with Crippen molar-refractivity contribution in [2.75, 3.05) is 13.1 Å². The fraction of sp³-hybridized carbons (Fsp3) is 0.571. The van der Waals surface area contributed by atoms with Crippen molar-refractivity contribution in [3.8, 4) is 0 Å². The van der Waals surface area contributed by atoms with Gasteiger partial charge in [0, 0.05) is 19.1 Å². The number of nitrogens with zero attached hydrogens (tertiary/aromatic N) is 1. The SMILES string of the molecule is CCNCc1ccc(S(=O)(=O)N2CCCC2C)cc1. The van der Waals surface area contributed by atoms with Crippen molar-refractivity contribution < 1.29 is 8.42 Å². The van der Waals surface area contributed by atoms with E-state index >= 15 is 0 Å². The Morgan fingerprint density at radius 2 is 2.00 bits per heavy atom. The van der Waals surface area contributed by atoms with E-state index in [-0.39, 0.29) is 6.04 Å². The number of rotatable bonds is 5. The first-order valence-electron chi connectivity index (χ1n) is 6.87. The van der Waals surface area contributed by atoms with Crippen LogP contribution in [0.4, 0.5) is 0 Å². The van der Waals surface area contributed by atoms with Gasteiger partial charge in [0.15, 0.2) is 0 Å². The number of sulfonamides is 1. The van der Waals surface area contributed by atoms with Crippen LogP contribution in [0.3, 0.4) is 0 Å². The Hall–Kier alpha value is -0.910. The second kappa shape index (κ2) is 6.03. The van der Waals surface area contributed by atoms with Crippen LogP contribution in [0.1, 0.15) is 32.3 Å². The van der Waals surface area contributed by atoms with E-state index in [4.69, 9.17) is 0 Å². The van der Waals surface area contributed by atoms with Crippen molar-refractivity contribution >= 4 is 10.0 Å². The summed E-state index contributed by atoms with van der Waals surface area (Å²) in [5, 5.41) is 3.23. The summed E-state index contributed by atoms with van der Waals surface area (Å²) in [6, 6.07) is 7.32. The van der Waals surface area contributed by atoms with Crippen molar-refractivity contribution in [1.82, 2.24) is 9.62 Å². The summed E-state index contributed by atoms with van der Waals surface area (Å²) in [5.41, 5.74) is 1.11. The molecular formula is C14H22N2O2S. The van der Waals surface area contributed by atoms with E-state index < -0.39 is 10.0 Å². The monoisotopic (exact) mass is 282 g/mol. The summed E-state index contributed by atoms with van der Waals surface area (Å²) in [5.74, 6) is 0. The van der Waals surface area contributed by atoms with Gasteiger partial charge in [-0.15, -0.1) is 0 Å². The Balaban J connectivity index is 2.16. The Morgan fingerprint density at radius 1 is 1.32 bits per heavy atom. The minimum Gasteiger partial charge on any atom is -0.313 e. The summed E-state index contributed by atoms with van der Waals surface area (Å²) >= 11 is 0. The number of nitrogens with one attached hydrogen (secondary N) is 1. The molecule has 1 atom stereocenters. The van der Waals surface area contributed by atoms with Crippen molar-refractivity contribution in [2.45, 2.75) is 44.2 Å². The molecule has 0 aliphatic carbocycles. The number of hydrogen-bond acceptors (Lipinski definition) is 3. The molecule has 1 N–H and O–H groups in total. The highest BCUT2D eigenvalue weighted by Crippen LogP contribution is 2.25. The van der Waals surface area contributed by atoms with Gasteiger partial charge in [-0.05, 0) is 44.0 Å².